The molecule has 4 aromatic carbocycles. The van der Waals surface area contributed by atoms with Crippen molar-refractivity contribution in [2.24, 2.45) is 11.8 Å². The minimum absolute atomic E-state index is 0.0142. The van der Waals surface area contributed by atoms with E-state index in [0.717, 1.165) is 42.2 Å². The number of carbonyl (C=O) groups excluding carboxylic acids is 4. The van der Waals surface area contributed by atoms with Crippen LogP contribution in [0.5, 0.6) is 0 Å². The molecule has 2 aliphatic carbocycles. The Morgan fingerprint density at radius 1 is 0.800 bits per heavy atom. The van der Waals surface area contributed by atoms with Crippen molar-refractivity contribution in [3.8, 4) is 0 Å². The maximum absolute atomic E-state index is 15.0. The van der Waals surface area contributed by atoms with Gasteiger partial charge in [-0.3, -0.25) is 24.1 Å². The molecule has 0 spiro atoms. The van der Waals surface area contributed by atoms with Crippen LogP contribution in [0.15, 0.2) is 97.1 Å². The molecule has 55 heavy (non-hydrogen) atoms. The number of rotatable bonds is 8. The summed E-state index contributed by atoms with van der Waals surface area (Å²) in [4.78, 5) is 61.3. The van der Waals surface area contributed by atoms with E-state index in [0.29, 0.717) is 37.3 Å². The van der Waals surface area contributed by atoms with Crippen LogP contribution in [0, 0.1) is 11.8 Å². The quantitative estimate of drug-likeness (QED) is 0.200. The third-order valence-corrected chi connectivity index (χ3v) is 11.8. The number of alkyl halides is 3. The number of ether oxygens (including phenoxy) is 1. The zero-order valence-corrected chi connectivity index (χ0v) is 30.2. The molecule has 2 aliphatic heterocycles. The third-order valence-electron chi connectivity index (χ3n) is 11.8. The number of hydrogen-bond acceptors (Lipinski definition) is 6. The Morgan fingerprint density at radius 3 is 2.02 bits per heavy atom. The number of nitrogens with one attached hydrogen (secondary N) is 1. The summed E-state index contributed by atoms with van der Waals surface area (Å²) >= 11 is 0. The van der Waals surface area contributed by atoms with E-state index in [2.05, 4.69) is 22.3 Å². The summed E-state index contributed by atoms with van der Waals surface area (Å²) in [5.41, 5.74) is 2.41. The van der Waals surface area contributed by atoms with Gasteiger partial charge < -0.3 is 19.9 Å². The molecule has 4 aliphatic rings. The fourth-order valence-corrected chi connectivity index (χ4v) is 8.85. The van der Waals surface area contributed by atoms with Gasteiger partial charge in [0.15, 0.2) is 0 Å². The van der Waals surface area contributed by atoms with E-state index < -0.39 is 47.5 Å². The van der Waals surface area contributed by atoms with Crippen LogP contribution in [0.4, 0.5) is 24.5 Å². The highest BCUT2D eigenvalue weighted by molar-refractivity contribution is 6.22. The summed E-state index contributed by atoms with van der Waals surface area (Å²) < 4.78 is 46.2. The molecule has 0 aromatic heterocycles. The number of nitrogens with zero attached hydrogens (tertiary/aromatic N) is 3. The van der Waals surface area contributed by atoms with Crippen molar-refractivity contribution in [3.05, 3.63) is 130 Å². The van der Waals surface area contributed by atoms with E-state index >= 15 is 4.79 Å². The van der Waals surface area contributed by atoms with Gasteiger partial charge in [-0.15, -0.1) is 0 Å². The average Bonchev–Trinajstić information content (AvgIpc) is 3.44. The topological polar surface area (TPSA) is 99.3 Å². The molecular weight excluding hydrogens is 709 g/mol. The Hall–Kier alpha value is -5.49. The first-order chi connectivity index (χ1) is 26.5. The predicted octanol–water partition coefficient (Wildman–Crippen LogP) is 6.76. The molecule has 1 saturated carbocycles. The zero-order valence-electron chi connectivity index (χ0n) is 30.2. The van der Waals surface area contributed by atoms with E-state index in [1.54, 1.807) is 12.1 Å². The molecule has 2 heterocycles. The second-order valence-corrected chi connectivity index (χ2v) is 15.0. The van der Waals surface area contributed by atoms with E-state index in [1.165, 1.54) is 40.3 Å². The van der Waals surface area contributed by atoms with Crippen LogP contribution in [0.1, 0.15) is 62.2 Å². The Balaban J connectivity index is 1.16. The molecular formula is C43H41F3N4O5. The maximum atomic E-state index is 15.0. The van der Waals surface area contributed by atoms with Crippen molar-refractivity contribution >= 4 is 35.0 Å². The Bertz CT molecular complexity index is 2080. The molecule has 0 radical (unpaired) electrons. The smallest absolute Gasteiger partial charge is 0.378 e. The SMILES string of the molecule is O=C1c2ccccc2C(=O)N1CC(=O)N(Cc1ccc(C(F)(F)F)cc1)[C@@]1(C(=O)Nc2ccc(N3CCOCC3)cc2)CC[C@@H]2Cc3ccccc3C[C@H]2C1. The van der Waals surface area contributed by atoms with Gasteiger partial charge in [0.05, 0.1) is 29.9 Å². The lowest BCUT2D eigenvalue weighted by Gasteiger charge is -2.51. The first-order valence-corrected chi connectivity index (χ1v) is 18.7. The zero-order chi connectivity index (χ0) is 38.3. The molecule has 9 nitrogen and oxygen atoms in total. The van der Waals surface area contributed by atoms with Gasteiger partial charge in [0.2, 0.25) is 11.8 Å². The van der Waals surface area contributed by atoms with Crippen molar-refractivity contribution in [1.82, 2.24) is 9.80 Å². The normalized spacial score (nSPS) is 22.1. The minimum Gasteiger partial charge on any atom is -0.378 e. The molecule has 284 valence electrons. The highest BCUT2D eigenvalue weighted by atomic mass is 19.4. The second kappa shape index (κ2) is 14.6. The lowest BCUT2D eigenvalue weighted by molar-refractivity contribution is -0.151. The van der Waals surface area contributed by atoms with E-state index in [9.17, 15) is 27.6 Å². The molecule has 2 fully saturated rings. The third kappa shape index (κ3) is 7.11. The number of hydrogen-bond donors (Lipinski definition) is 1. The lowest BCUT2D eigenvalue weighted by atomic mass is 9.62. The fraction of sp³-hybridized carbons (Fsp3) is 0.349. The highest BCUT2D eigenvalue weighted by Gasteiger charge is 2.53. The molecule has 3 atom stereocenters. The Morgan fingerprint density at radius 2 is 1.40 bits per heavy atom. The standard InChI is InChI=1S/C43H41F3N4O5/c44-43(45,46)33-11-9-28(10-12-33)26-50(38(51)27-49-39(52)36-7-3-4-8-37(36)40(49)53)42(18-17-31-23-29-5-1-2-6-30(29)24-32(31)25-42)41(54)47-34-13-15-35(16-14-34)48-19-21-55-22-20-48/h1-16,31-32H,17-27H2,(H,47,54)/t31-,32+,42+/m1/s1. The number of benzene rings is 4. The molecule has 1 saturated heterocycles. The van der Waals surface area contributed by atoms with Gasteiger partial charge in [0, 0.05) is 31.0 Å². The summed E-state index contributed by atoms with van der Waals surface area (Å²) in [5.74, 6) is -2.04. The molecule has 0 unspecified atom stereocenters. The summed E-state index contributed by atoms with van der Waals surface area (Å²) in [6.07, 6.45) is -1.84. The van der Waals surface area contributed by atoms with Gasteiger partial charge in [-0.2, -0.15) is 13.2 Å². The van der Waals surface area contributed by atoms with Crippen LogP contribution in [0.2, 0.25) is 0 Å². The summed E-state index contributed by atoms with van der Waals surface area (Å²) in [6.45, 7) is 1.89. The summed E-state index contributed by atoms with van der Waals surface area (Å²) in [6, 6.07) is 26.6. The molecule has 0 bridgehead atoms. The van der Waals surface area contributed by atoms with Crippen LogP contribution < -0.4 is 10.2 Å². The van der Waals surface area contributed by atoms with E-state index in [1.807, 2.05) is 36.4 Å². The second-order valence-electron chi connectivity index (χ2n) is 15.0. The van der Waals surface area contributed by atoms with Crippen LogP contribution >= 0.6 is 0 Å². The van der Waals surface area contributed by atoms with Gasteiger partial charge in [0.25, 0.3) is 11.8 Å². The van der Waals surface area contributed by atoms with Crippen LogP contribution in [0.25, 0.3) is 0 Å². The average molecular weight is 751 g/mol. The molecule has 4 aromatic rings. The Kier molecular flexibility index (Phi) is 9.71. The molecule has 12 heteroatoms. The Labute approximate surface area is 317 Å². The maximum Gasteiger partial charge on any atom is 0.416 e. The highest BCUT2D eigenvalue weighted by Crippen LogP contribution is 2.47. The first kappa shape index (κ1) is 36.5. The van der Waals surface area contributed by atoms with Gasteiger partial charge >= 0.3 is 6.18 Å². The van der Waals surface area contributed by atoms with Gasteiger partial charge in [-0.1, -0.05) is 48.5 Å². The number of morpholine rings is 1. The summed E-state index contributed by atoms with van der Waals surface area (Å²) in [5, 5.41) is 3.10. The van der Waals surface area contributed by atoms with Crippen LogP contribution in [-0.2, 0) is 39.9 Å². The molecule has 1 N–H and O–H groups in total. The number of anilines is 2. The van der Waals surface area contributed by atoms with Gasteiger partial charge in [0.1, 0.15) is 12.1 Å². The van der Waals surface area contributed by atoms with Gasteiger partial charge in [-0.05, 0) is 109 Å². The van der Waals surface area contributed by atoms with Crippen molar-refractivity contribution in [1.29, 1.82) is 0 Å². The number of fused-ring (bicyclic) bond motifs is 3. The van der Waals surface area contributed by atoms with Crippen molar-refractivity contribution in [2.75, 3.05) is 43.1 Å². The first-order valence-electron chi connectivity index (χ1n) is 18.7. The largest absolute Gasteiger partial charge is 0.416 e. The lowest BCUT2D eigenvalue weighted by Crippen LogP contribution is -2.63. The summed E-state index contributed by atoms with van der Waals surface area (Å²) in [7, 11) is 0. The van der Waals surface area contributed by atoms with Crippen LogP contribution in [0.3, 0.4) is 0 Å². The van der Waals surface area contributed by atoms with Crippen LogP contribution in [-0.4, -0.2) is 71.8 Å². The monoisotopic (exact) mass is 750 g/mol. The van der Waals surface area contributed by atoms with E-state index in [-0.39, 0.29) is 42.3 Å². The van der Waals surface area contributed by atoms with E-state index in [4.69, 9.17) is 4.74 Å². The number of imide groups is 1. The number of amides is 4. The molecule has 4 amide bonds. The minimum atomic E-state index is -4.56. The fourth-order valence-electron chi connectivity index (χ4n) is 8.85. The van der Waals surface area contributed by atoms with Gasteiger partial charge in [-0.25, -0.2) is 0 Å². The predicted molar refractivity (Wildman–Crippen MR) is 199 cm³/mol. The number of carbonyl (C=O) groups is 4. The number of halogens is 3. The van der Waals surface area contributed by atoms with Crippen molar-refractivity contribution < 1.29 is 37.1 Å². The molecule has 8 rings (SSSR count). The van der Waals surface area contributed by atoms with Crippen molar-refractivity contribution in [2.45, 2.75) is 50.4 Å². The van der Waals surface area contributed by atoms with Crippen molar-refractivity contribution in [3.63, 3.8) is 0 Å².